The number of rotatable bonds is 6. The molecule has 1 saturated heterocycles. The van der Waals surface area contributed by atoms with Gasteiger partial charge in [0.1, 0.15) is 11.9 Å². The molecule has 18 heavy (non-hydrogen) atoms. The van der Waals surface area contributed by atoms with Gasteiger partial charge in [-0.1, -0.05) is 11.6 Å². The van der Waals surface area contributed by atoms with Gasteiger partial charge >= 0.3 is 0 Å². The SMILES string of the molecule is CC(CNCC1CCCO1)Oc1ccc(Cl)cc1. The summed E-state index contributed by atoms with van der Waals surface area (Å²) in [6, 6.07) is 7.45. The molecular weight excluding hydrogens is 250 g/mol. The molecule has 0 aliphatic carbocycles. The largest absolute Gasteiger partial charge is 0.489 e. The van der Waals surface area contributed by atoms with Crippen molar-refractivity contribution in [2.24, 2.45) is 0 Å². The van der Waals surface area contributed by atoms with Crippen LogP contribution in [0.4, 0.5) is 0 Å². The van der Waals surface area contributed by atoms with E-state index in [1.54, 1.807) is 0 Å². The molecule has 2 rings (SSSR count). The van der Waals surface area contributed by atoms with Gasteiger partial charge in [-0.15, -0.1) is 0 Å². The molecule has 1 aromatic carbocycles. The van der Waals surface area contributed by atoms with Gasteiger partial charge in [-0.25, -0.2) is 0 Å². The average molecular weight is 270 g/mol. The number of hydrogen-bond acceptors (Lipinski definition) is 3. The van der Waals surface area contributed by atoms with E-state index in [1.165, 1.54) is 12.8 Å². The molecule has 0 bridgehead atoms. The first-order valence-electron chi connectivity index (χ1n) is 6.48. The molecule has 1 aliphatic rings. The Morgan fingerprint density at radius 2 is 2.22 bits per heavy atom. The Balaban J connectivity index is 1.65. The second-order valence-electron chi connectivity index (χ2n) is 4.68. The van der Waals surface area contributed by atoms with Crippen LogP contribution in [0.5, 0.6) is 5.75 Å². The van der Waals surface area contributed by atoms with Crippen LogP contribution in [-0.4, -0.2) is 31.9 Å². The molecule has 1 fully saturated rings. The third-order valence-electron chi connectivity index (χ3n) is 2.98. The van der Waals surface area contributed by atoms with Crippen molar-refractivity contribution in [2.75, 3.05) is 19.7 Å². The minimum Gasteiger partial charge on any atom is -0.489 e. The Morgan fingerprint density at radius 3 is 2.89 bits per heavy atom. The molecular formula is C14H20ClNO2. The van der Waals surface area contributed by atoms with E-state index in [-0.39, 0.29) is 6.10 Å². The van der Waals surface area contributed by atoms with Crippen LogP contribution in [0.2, 0.25) is 5.02 Å². The van der Waals surface area contributed by atoms with Gasteiger partial charge in [0.15, 0.2) is 0 Å². The van der Waals surface area contributed by atoms with Gasteiger partial charge in [-0.3, -0.25) is 0 Å². The van der Waals surface area contributed by atoms with Crippen LogP contribution in [0.25, 0.3) is 0 Å². The Labute approximate surface area is 113 Å². The Kier molecular flexibility index (Phi) is 5.29. The molecule has 2 atom stereocenters. The fourth-order valence-corrected chi connectivity index (χ4v) is 2.17. The first-order chi connectivity index (χ1) is 8.74. The van der Waals surface area contributed by atoms with Gasteiger partial charge in [0.05, 0.1) is 6.10 Å². The maximum atomic E-state index is 5.82. The summed E-state index contributed by atoms with van der Waals surface area (Å²) in [5, 5.41) is 4.11. The highest BCUT2D eigenvalue weighted by Gasteiger charge is 2.15. The summed E-state index contributed by atoms with van der Waals surface area (Å²) < 4.78 is 11.3. The highest BCUT2D eigenvalue weighted by molar-refractivity contribution is 6.30. The Bertz CT molecular complexity index is 349. The highest BCUT2D eigenvalue weighted by Crippen LogP contribution is 2.16. The number of ether oxygens (including phenoxy) is 2. The van der Waals surface area contributed by atoms with Crippen LogP contribution in [0.3, 0.4) is 0 Å². The molecule has 0 saturated carbocycles. The number of hydrogen-bond donors (Lipinski definition) is 1. The third-order valence-corrected chi connectivity index (χ3v) is 3.23. The highest BCUT2D eigenvalue weighted by atomic mass is 35.5. The molecule has 1 N–H and O–H groups in total. The van der Waals surface area contributed by atoms with Gasteiger partial charge in [0, 0.05) is 24.7 Å². The summed E-state index contributed by atoms with van der Waals surface area (Å²) in [4.78, 5) is 0. The lowest BCUT2D eigenvalue weighted by Crippen LogP contribution is -2.34. The second-order valence-corrected chi connectivity index (χ2v) is 5.11. The number of nitrogens with one attached hydrogen (secondary N) is 1. The fourth-order valence-electron chi connectivity index (χ4n) is 2.04. The van der Waals surface area contributed by atoms with E-state index in [0.717, 1.165) is 30.5 Å². The van der Waals surface area contributed by atoms with E-state index in [1.807, 2.05) is 24.3 Å². The van der Waals surface area contributed by atoms with Crippen molar-refractivity contribution < 1.29 is 9.47 Å². The third kappa shape index (κ3) is 4.48. The standard InChI is InChI=1S/C14H20ClNO2/c1-11(9-16-10-14-3-2-8-17-14)18-13-6-4-12(15)5-7-13/h4-7,11,14,16H,2-3,8-10H2,1H3. The Morgan fingerprint density at radius 1 is 1.44 bits per heavy atom. The van der Waals surface area contributed by atoms with Crippen LogP contribution in [0, 0.1) is 0 Å². The van der Waals surface area contributed by atoms with Gasteiger partial charge in [0.2, 0.25) is 0 Å². The summed E-state index contributed by atoms with van der Waals surface area (Å²) in [5.74, 6) is 0.853. The smallest absolute Gasteiger partial charge is 0.119 e. The molecule has 0 spiro atoms. The number of benzene rings is 1. The summed E-state index contributed by atoms with van der Waals surface area (Å²) in [6.45, 7) is 4.69. The van der Waals surface area contributed by atoms with E-state index in [9.17, 15) is 0 Å². The lowest BCUT2D eigenvalue weighted by molar-refractivity contribution is 0.106. The predicted molar refractivity (Wildman–Crippen MR) is 73.4 cm³/mol. The molecule has 3 nitrogen and oxygen atoms in total. The molecule has 2 unspecified atom stereocenters. The summed E-state index contributed by atoms with van der Waals surface area (Å²) in [5.41, 5.74) is 0. The van der Waals surface area contributed by atoms with E-state index >= 15 is 0 Å². The maximum absolute atomic E-state index is 5.82. The fraction of sp³-hybridized carbons (Fsp3) is 0.571. The first kappa shape index (κ1) is 13.7. The van der Waals surface area contributed by atoms with Crippen LogP contribution in [0.1, 0.15) is 19.8 Å². The molecule has 1 heterocycles. The van der Waals surface area contributed by atoms with Crippen molar-refractivity contribution in [1.82, 2.24) is 5.32 Å². The lowest BCUT2D eigenvalue weighted by atomic mass is 10.2. The van der Waals surface area contributed by atoms with Crippen molar-refractivity contribution in [3.63, 3.8) is 0 Å². The maximum Gasteiger partial charge on any atom is 0.119 e. The summed E-state index contributed by atoms with van der Waals surface area (Å²) in [7, 11) is 0. The van der Waals surface area contributed by atoms with Gasteiger partial charge in [0.25, 0.3) is 0 Å². The molecule has 1 aromatic rings. The van der Waals surface area contributed by atoms with E-state index < -0.39 is 0 Å². The zero-order valence-corrected chi connectivity index (χ0v) is 11.5. The van der Waals surface area contributed by atoms with Crippen molar-refractivity contribution in [3.05, 3.63) is 29.3 Å². The van der Waals surface area contributed by atoms with Gasteiger partial charge in [-0.05, 0) is 44.0 Å². The molecule has 100 valence electrons. The summed E-state index contributed by atoms with van der Waals surface area (Å²) in [6.07, 6.45) is 2.86. The van der Waals surface area contributed by atoms with Crippen molar-refractivity contribution >= 4 is 11.6 Å². The van der Waals surface area contributed by atoms with E-state index in [2.05, 4.69) is 12.2 Å². The zero-order valence-electron chi connectivity index (χ0n) is 10.7. The number of halogens is 1. The van der Waals surface area contributed by atoms with Crippen molar-refractivity contribution in [3.8, 4) is 5.75 Å². The predicted octanol–water partition coefficient (Wildman–Crippen LogP) is 2.88. The topological polar surface area (TPSA) is 30.5 Å². The summed E-state index contributed by atoms with van der Waals surface area (Å²) >= 11 is 5.82. The van der Waals surface area contributed by atoms with Crippen LogP contribution >= 0.6 is 11.6 Å². The quantitative estimate of drug-likeness (QED) is 0.861. The monoisotopic (exact) mass is 269 g/mol. The van der Waals surface area contributed by atoms with Crippen LogP contribution in [-0.2, 0) is 4.74 Å². The molecule has 0 amide bonds. The van der Waals surface area contributed by atoms with E-state index in [4.69, 9.17) is 21.1 Å². The minimum atomic E-state index is 0.132. The van der Waals surface area contributed by atoms with Crippen molar-refractivity contribution in [1.29, 1.82) is 0 Å². The average Bonchev–Trinajstić information content (AvgIpc) is 2.85. The van der Waals surface area contributed by atoms with Gasteiger partial charge < -0.3 is 14.8 Å². The molecule has 1 aliphatic heterocycles. The normalized spacial score (nSPS) is 20.9. The first-order valence-corrected chi connectivity index (χ1v) is 6.86. The molecule has 0 radical (unpaired) electrons. The minimum absolute atomic E-state index is 0.132. The Hall–Kier alpha value is -0.770. The van der Waals surface area contributed by atoms with Crippen LogP contribution < -0.4 is 10.1 Å². The molecule has 0 aromatic heterocycles. The lowest BCUT2D eigenvalue weighted by Gasteiger charge is -2.17. The zero-order chi connectivity index (χ0) is 12.8. The van der Waals surface area contributed by atoms with E-state index in [0.29, 0.717) is 6.10 Å². The van der Waals surface area contributed by atoms with Crippen molar-refractivity contribution in [2.45, 2.75) is 32.0 Å². The molecule has 4 heteroatoms. The van der Waals surface area contributed by atoms with Crippen LogP contribution in [0.15, 0.2) is 24.3 Å². The second kappa shape index (κ2) is 6.98. The van der Waals surface area contributed by atoms with Gasteiger partial charge in [-0.2, -0.15) is 0 Å².